The molecule has 0 radical (unpaired) electrons. The second-order valence-electron chi connectivity index (χ2n) is 4.65. The molecule has 0 spiro atoms. The van der Waals surface area contributed by atoms with Crippen LogP contribution in [0.25, 0.3) is 0 Å². The highest BCUT2D eigenvalue weighted by molar-refractivity contribution is 5.82. The summed E-state index contributed by atoms with van der Waals surface area (Å²) < 4.78 is 0. The van der Waals surface area contributed by atoms with Gasteiger partial charge < -0.3 is 15.3 Å². The Hall–Kier alpha value is -2.04. The Labute approximate surface area is 112 Å². The lowest BCUT2D eigenvalue weighted by Crippen LogP contribution is -2.36. The van der Waals surface area contributed by atoms with E-state index in [2.05, 4.69) is 16.3 Å². The number of carbonyl (C=O) groups excluding carboxylic acids is 1. The maximum atomic E-state index is 11.8. The van der Waals surface area contributed by atoms with Gasteiger partial charge in [0, 0.05) is 25.2 Å². The summed E-state index contributed by atoms with van der Waals surface area (Å²) in [5, 5.41) is 11.2. The molecule has 1 aliphatic heterocycles. The van der Waals surface area contributed by atoms with E-state index < -0.39 is 5.97 Å². The highest BCUT2D eigenvalue weighted by atomic mass is 16.4. The Kier molecular flexibility index (Phi) is 4.39. The molecule has 1 aromatic rings. The van der Waals surface area contributed by atoms with Gasteiger partial charge in [0.25, 0.3) is 0 Å². The van der Waals surface area contributed by atoms with Crippen molar-refractivity contribution in [3.63, 3.8) is 0 Å². The van der Waals surface area contributed by atoms with E-state index in [9.17, 15) is 9.59 Å². The van der Waals surface area contributed by atoms with Crippen LogP contribution in [0.2, 0.25) is 0 Å². The number of rotatable bonds is 6. The number of anilines is 1. The number of aliphatic carboxylic acids is 1. The van der Waals surface area contributed by atoms with E-state index in [4.69, 9.17) is 5.11 Å². The number of carboxylic acids is 1. The second-order valence-corrected chi connectivity index (χ2v) is 4.65. The average Bonchev–Trinajstić information content (AvgIpc) is 2.78. The zero-order chi connectivity index (χ0) is 13.7. The molecule has 0 saturated heterocycles. The third kappa shape index (κ3) is 3.71. The summed E-state index contributed by atoms with van der Waals surface area (Å²) in [6.45, 7) is 1.62. The summed E-state index contributed by atoms with van der Waals surface area (Å²) in [5.41, 5.74) is 2.41. The molecular weight excluding hydrogens is 244 g/mol. The Morgan fingerprint density at radius 3 is 2.89 bits per heavy atom. The number of hydrogen-bond acceptors (Lipinski definition) is 3. The minimum atomic E-state index is -0.831. The van der Waals surface area contributed by atoms with Crippen LogP contribution < -0.4 is 10.2 Å². The fourth-order valence-corrected chi connectivity index (χ4v) is 2.27. The molecule has 5 nitrogen and oxygen atoms in total. The van der Waals surface area contributed by atoms with Crippen LogP contribution in [0.5, 0.6) is 0 Å². The fourth-order valence-electron chi connectivity index (χ4n) is 2.27. The molecule has 0 bridgehead atoms. The number of hydrogen-bond donors (Lipinski definition) is 2. The van der Waals surface area contributed by atoms with Crippen molar-refractivity contribution in [1.29, 1.82) is 0 Å². The molecule has 1 aliphatic rings. The van der Waals surface area contributed by atoms with Crippen LogP contribution in [0, 0.1) is 0 Å². The van der Waals surface area contributed by atoms with Crippen LogP contribution in [0.4, 0.5) is 5.69 Å². The molecule has 0 fully saturated rings. The first-order chi connectivity index (χ1) is 9.16. The zero-order valence-corrected chi connectivity index (χ0v) is 10.8. The predicted octanol–water partition coefficient (Wildman–Crippen LogP) is 1.03. The van der Waals surface area contributed by atoms with E-state index in [1.54, 1.807) is 0 Å². The Morgan fingerprint density at radius 1 is 1.32 bits per heavy atom. The average molecular weight is 262 g/mol. The molecule has 19 heavy (non-hydrogen) atoms. The van der Waals surface area contributed by atoms with Gasteiger partial charge in [-0.2, -0.15) is 0 Å². The van der Waals surface area contributed by atoms with E-state index in [1.165, 1.54) is 5.56 Å². The molecule has 0 aromatic heterocycles. The van der Waals surface area contributed by atoms with Crippen molar-refractivity contribution in [3.05, 3.63) is 29.8 Å². The van der Waals surface area contributed by atoms with E-state index in [0.717, 1.165) is 18.7 Å². The highest BCUT2D eigenvalue weighted by Crippen LogP contribution is 2.26. The Morgan fingerprint density at radius 2 is 2.11 bits per heavy atom. The maximum absolute atomic E-state index is 11.8. The molecule has 1 amide bonds. The van der Waals surface area contributed by atoms with E-state index in [0.29, 0.717) is 19.5 Å². The third-order valence-electron chi connectivity index (χ3n) is 3.21. The second kappa shape index (κ2) is 6.22. The number of carbonyl (C=O) groups is 2. The Bertz CT molecular complexity index is 474. The lowest BCUT2D eigenvalue weighted by Gasteiger charge is -2.18. The number of para-hydroxylation sites is 1. The van der Waals surface area contributed by atoms with Gasteiger partial charge >= 0.3 is 5.97 Å². The third-order valence-corrected chi connectivity index (χ3v) is 3.21. The van der Waals surface area contributed by atoms with Crippen molar-refractivity contribution < 1.29 is 14.7 Å². The molecule has 0 saturated carbocycles. The quantitative estimate of drug-likeness (QED) is 0.751. The van der Waals surface area contributed by atoms with Crippen molar-refractivity contribution in [2.45, 2.75) is 19.3 Å². The summed E-state index contributed by atoms with van der Waals surface area (Å²) in [6.07, 6.45) is 1.53. The molecule has 2 N–H and O–H groups in total. The first-order valence-electron chi connectivity index (χ1n) is 6.48. The maximum Gasteiger partial charge on any atom is 0.303 e. The van der Waals surface area contributed by atoms with Crippen molar-refractivity contribution >= 4 is 17.6 Å². The normalized spacial score (nSPS) is 13.2. The highest BCUT2D eigenvalue weighted by Gasteiger charge is 2.20. The van der Waals surface area contributed by atoms with Crippen LogP contribution >= 0.6 is 0 Å². The van der Waals surface area contributed by atoms with Gasteiger partial charge in [0.2, 0.25) is 5.91 Å². The lowest BCUT2D eigenvalue weighted by atomic mass is 10.2. The summed E-state index contributed by atoms with van der Waals surface area (Å²) in [4.78, 5) is 24.1. The number of nitrogens with one attached hydrogen (secondary N) is 1. The zero-order valence-electron chi connectivity index (χ0n) is 10.8. The summed E-state index contributed by atoms with van der Waals surface area (Å²) >= 11 is 0. The van der Waals surface area contributed by atoms with Crippen molar-refractivity contribution in [1.82, 2.24) is 5.32 Å². The van der Waals surface area contributed by atoms with Gasteiger partial charge in [0.1, 0.15) is 0 Å². The number of nitrogens with zero attached hydrogens (tertiary/aromatic N) is 1. The SMILES string of the molecule is O=C(O)CCCNC(=O)CN1CCc2ccccc21. The van der Waals surface area contributed by atoms with E-state index in [-0.39, 0.29) is 12.3 Å². The predicted molar refractivity (Wildman–Crippen MR) is 72.2 cm³/mol. The standard InChI is InChI=1S/C14H18N2O3/c17-13(15-8-3-6-14(18)19)10-16-9-7-11-4-1-2-5-12(11)16/h1-2,4-5H,3,6-10H2,(H,15,17)(H,18,19). The number of amides is 1. The first-order valence-corrected chi connectivity index (χ1v) is 6.48. The number of benzene rings is 1. The lowest BCUT2D eigenvalue weighted by molar-refractivity contribution is -0.137. The molecular formula is C14H18N2O3. The molecule has 2 rings (SSSR count). The van der Waals surface area contributed by atoms with Crippen LogP contribution in [0.3, 0.4) is 0 Å². The van der Waals surface area contributed by atoms with Crippen LogP contribution in [0.1, 0.15) is 18.4 Å². The van der Waals surface area contributed by atoms with Crippen LogP contribution in [0.15, 0.2) is 24.3 Å². The smallest absolute Gasteiger partial charge is 0.303 e. The minimum absolute atomic E-state index is 0.0536. The number of fused-ring (bicyclic) bond motifs is 1. The molecule has 0 aliphatic carbocycles. The van der Waals surface area contributed by atoms with Gasteiger partial charge in [-0.3, -0.25) is 9.59 Å². The van der Waals surface area contributed by atoms with Crippen LogP contribution in [-0.4, -0.2) is 36.6 Å². The molecule has 1 aromatic carbocycles. The minimum Gasteiger partial charge on any atom is -0.481 e. The topological polar surface area (TPSA) is 69.6 Å². The van der Waals surface area contributed by atoms with Gasteiger partial charge in [-0.05, 0) is 24.5 Å². The molecule has 0 unspecified atom stereocenters. The fraction of sp³-hybridized carbons (Fsp3) is 0.429. The molecule has 102 valence electrons. The molecule has 5 heteroatoms. The molecule has 1 heterocycles. The van der Waals surface area contributed by atoms with Gasteiger partial charge in [0.05, 0.1) is 6.54 Å². The van der Waals surface area contributed by atoms with Gasteiger partial charge in [-0.15, -0.1) is 0 Å². The van der Waals surface area contributed by atoms with Crippen molar-refractivity contribution in [3.8, 4) is 0 Å². The first kappa shape index (κ1) is 13.4. The largest absolute Gasteiger partial charge is 0.481 e. The monoisotopic (exact) mass is 262 g/mol. The summed E-state index contributed by atoms with van der Waals surface area (Å²) in [6, 6.07) is 8.09. The summed E-state index contributed by atoms with van der Waals surface area (Å²) in [7, 11) is 0. The van der Waals surface area contributed by atoms with Gasteiger partial charge in [0.15, 0.2) is 0 Å². The van der Waals surface area contributed by atoms with Crippen LogP contribution in [-0.2, 0) is 16.0 Å². The summed E-state index contributed by atoms with van der Waals surface area (Å²) in [5.74, 6) is -0.884. The molecule has 0 atom stereocenters. The number of carboxylic acid groups (broad SMARTS) is 1. The Balaban J connectivity index is 1.76. The van der Waals surface area contributed by atoms with Gasteiger partial charge in [-0.1, -0.05) is 18.2 Å². The van der Waals surface area contributed by atoms with E-state index in [1.807, 2.05) is 18.2 Å². The van der Waals surface area contributed by atoms with Crippen molar-refractivity contribution in [2.75, 3.05) is 24.5 Å². The van der Waals surface area contributed by atoms with Crippen molar-refractivity contribution in [2.24, 2.45) is 0 Å². The van der Waals surface area contributed by atoms with Gasteiger partial charge in [-0.25, -0.2) is 0 Å². The van der Waals surface area contributed by atoms with E-state index >= 15 is 0 Å².